The number of hydrogen-bond donors (Lipinski definition) is 2. The fourth-order valence-corrected chi connectivity index (χ4v) is 2.36. The highest BCUT2D eigenvalue weighted by atomic mass is 35.5. The van der Waals surface area contributed by atoms with Gasteiger partial charge in [0.15, 0.2) is 0 Å². The zero-order valence-electron chi connectivity index (χ0n) is 9.73. The first-order valence-electron chi connectivity index (χ1n) is 5.99. The smallest absolute Gasteiger partial charge is 0.120 e. The van der Waals surface area contributed by atoms with Crippen molar-refractivity contribution >= 4 is 11.6 Å². The summed E-state index contributed by atoms with van der Waals surface area (Å²) in [5.41, 5.74) is 0. The van der Waals surface area contributed by atoms with Gasteiger partial charge < -0.3 is 15.2 Å². The molecule has 0 aromatic heterocycles. The molecule has 0 spiro atoms. The Labute approximate surface area is 107 Å². The van der Waals surface area contributed by atoms with E-state index in [1.165, 1.54) is 0 Å². The van der Waals surface area contributed by atoms with Gasteiger partial charge in [-0.25, -0.2) is 0 Å². The van der Waals surface area contributed by atoms with Gasteiger partial charge in [-0.2, -0.15) is 0 Å². The molecule has 94 valence electrons. The van der Waals surface area contributed by atoms with Crippen LogP contribution in [0.3, 0.4) is 0 Å². The molecule has 1 saturated heterocycles. The number of halogens is 1. The summed E-state index contributed by atoms with van der Waals surface area (Å²) in [6.07, 6.45) is 1.12. The van der Waals surface area contributed by atoms with Crippen molar-refractivity contribution in [1.29, 1.82) is 0 Å². The third-order valence-corrected chi connectivity index (χ3v) is 3.49. The van der Waals surface area contributed by atoms with Crippen LogP contribution < -0.4 is 10.1 Å². The Morgan fingerprint density at radius 2 is 2.41 bits per heavy atom. The van der Waals surface area contributed by atoms with Crippen LogP contribution in [0.4, 0.5) is 0 Å². The van der Waals surface area contributed by atoms with Gasteiger partial charge >= 0.3 is 0 Å². The SMILES string of the molecule is OCC(COc1cccc(Cl)c1)C1CCNC1. The van der Waals surface area contributed by atoms with Crippen molar-refractivity contribution in [2.45, 2.75) is 6.42 Å². The minimum Gasteiger partial charge on any atom is -0.493 e. The third-order valence-electron chi connectivity index (χ3n) is 3.26. The van der Waals surface area contributed by atoms with Crippen molar-refractivity contribution in [2.24, 2.45) is 11.8 Å². The molecule has 3 nitrogen and oxygen atoms in total. The predicted octanol–water partition coefficient (Wildman–Crippen LogP) is 1.94. The van der Waals surface area contributed by atoms with E-state index in [4.69, 9.17) is 16.3 Å². The Bertz CT molecular complexity index is 353. The number of aliphatic hydroxyl groups excluding tert-OH is 1. The highest BCUT2D eigenvalue weighted by Crippen LogP contribution is 2.22. The topological polar surface area (TPSA) is 41.5 Å². The number of nitrogens with one attached hydrogen (secondary N) is 1. The van der Waals surface area contributed by atoms with Crippen molar-refractivity contribution in [3.05, 3.63) is 29.3 Å². The average molecular weight is 256 g/mol. The molecule has 2 rings (SSSR count). The van der Waals surface area contributed by atoms with Gasteiger partial charge in [-0.1, -0.05) is 17.7 Å². The minimum absolute atomic E-state index is 0.174. The Balaban J connectivity index is 1.87. The summed E-state index contributed by atoms with van der Waals surface area (Å²) < 4.78 is 5.68. The number of rotatable bonds is 5. The van der Waals surface area contributed by atoms with Crippen LogP contribution in [0, 0.1) is 11.8 Å². The lowest BCUT2D eigenvalue weighted by atomic mass is 9.93. The van der Waals surface area contributed by atoms with E-state index in [0.29, 0.717) is 17.5 Å². The van der Waals surface area contributed by atoms with Crippen molar-refractivity contribution in [1.82, 2.24) is 5.32 Å². The molecule has 0 radical (unpaired) electrons. The zero-order chi connectivity index (χ0) is 12.1. The first-order valence-corrected chi connectivity index (χ1v) is 6.37. The third kappa shape index (κ3) is 3.60. The fourth-order valence-electron chi connectivity index (χ4n) is 2.18. The fraction of sp³-hybridized carbons (Fsp3) is 0.538. The maximum atomic E-state index is 9.39. The summed E-state index contributed by atoms with van der Waals surface area (Å²) in [6, 6.07) is 7.36. The van der Waals surface area contributed by atoms with Gasteiger partial charge in [0.25, 0.3) is 0 Å². The normalized spacial score (nSPS) is 21.4. The van der Waals surface area contributed by atoms with E-state index in [1.807, 2.05) is 18.2 Å². The summed E-state index contributed by atoms with van der Waals surface area (Å²) in [7, 11) is 0. The van der Waals surface area contributed by atoms with Crippen LogP contribution in [0.1, 0.15) is 6.42 Å². The molecule has 17 heavy (non-hydrogen) atoms. The molecule has 1 aliphatic rings. The minimum atomic E-state index is 0.174. The molecule has 0 bridgehead atoms. The highest BCUT2D eigenvalue weighted by Gasteiger charge is 2.24. The van der Waals surface area contributed by atoms with Crippen molar-refractivity contribution in [2.75, 3.05) is 26.3 Å². The van der Waals surface area contributed by atoms with Crippen LogP contribution in [-0.2, 0) is 0 Å². The van der Waals surface area contributed by atoms with E-state index in [2.05, 4.69) is 5.32 Å². The molecule has 4 heteroatoms. The van der Waals surface area contributed by atoms with Gasteiger partial charge in [0.05, 0.1) is 6.61 Å². The lowest BCUT2D eigenvalue weighted by molar-refractivity contribution is 0.124. The molecule has 2 N–H and O–H groups in total. The second-order valence-corrected chi connectivity index (χ2v) is 4.90. The van der Waals surface area contributed by atoms with Crippen LogP contribution in [0.15, 0.2) is 24.3 Å². The van der Waals surface area contributed by atoms with E-state index in [1.54, 1.807) is 6.07 Å². The largest absolute Gasteiger partial charge is 0.493 e. The van der Waals surface area contributed by atoms with E-state index in [0.717, 1.165) is 25.3 Å². The molecule has 0 saturated carbocycles. The Morgan fingerprint density at radius 3 is 3.06 bits per heavy atom. The number of hydrogen-bond acceptors (Lipinski definition) is 3. The van der Waals surface area contributed by atoms with E-state index in [9.17, 15) is 5.11 Å². The van der Waals surface area contributed by atoms with Crippen molar-refractivity contribution < 1.29 is 9.84 Å². The van der Waals surface area contributed by atoms with Gasteiger partial charge in [-0.05, 0) is 43.6 Å². The van der Waals surface area contributed by atoms with Crippen LogP contribution >= 0.6 is 11.6 Å². The first kappa shape index (κ1) is 12.7. The molecular formula is C13H18ClNO2. The van der Waals surface area contributed by atoms with Gasteiger partial charge in [-0.15, -0.1) is 0 Å². The molecule has 1 aromatic rings. The molecule has 1 aromatic carbocycles. The molecule has 1 fully saturated rings. The van der Waals surface area contributed by atoms with Crippen LogP contribution in [0.2, 0.25) is 5.02 Å². The summed E-state index contributed by atoms with van der Waals surface area (Å²) in [5, 5.41) is 13.4. The highest BCUT2D eigenvalue weighted by molar-refractivity contribution is 6.30. The summed E-state index contributed by atoms with van der Waals surface area (Å²) >= 11 is 5.88. The summed E-state index contributed by atoms with van der Waals surface area (Å²) in [6.45, 7) is 2.73. The van der Waals surface area contributed by atoms with E-state index < -0.39 is 0 Å². The van der Waals surface area contributed by atoms with Crippen LogP contribution in [-0.4, -0.2) is 31.4 Å². The summed E-state index contributed by atoms with van der Waals surface area (Å²) in [4.78, 5) is 0. The zero-order valence-corrected chi connectivity index (χ0v) is 10.5. The van der Waals surface area contributed by atoms with Crippen molar-refractivity contribution in [3.63, 3.8) is 0 Å². The Morgan fingerprint density at radius 1 is 1.53 bits per heavy atom. The first-order chi connectivity index (χ1) is 8.29. The van der Waals surface area contributed by atoms with Crippen LogP contribution in [0.25, 0.3) is 0 Å². The van der Waals surface area contributed by atoms with Gasteiger partial charge in [0.1, 0.15) is 5.75 Å². The van der Waals surface area contributed by atoms with E-state index in [-0.39, 0.29) is 12.5 Å². The average Bonchev–Trinajstić information content (AvgIpc) is 2.84. The lowest BCUT2D eigenvalue weighted by Crippen LogP contribution is -2.26. The number of ether oxygens (including phenoxy) is 1. The maximum absolute atomic E-state index is 9.39. The second kappa shape index (κ2) is 6.24. The number of benzene rings is 1. The molecule has 1 aliphatic heterocycles. The van der Waals surface area contributed by atoms with E-state index >= 15 is 0 Å². The van der Waals surface area contributed by atoms with Gasteiger partial charge in [0, 0.05) is 17.5 Å². The molecule has 2 atom stereocenters. The second-order valence-electron chi connectivity index (χ2n) is 4.46. The maximum Gasteiger partial charge on any atom is 0.120 e. The Hall–Kier alpha value is -0.770. The molecular weight excluding hydrogens is 238 g/mol. The van der Waals surface area contributed by atoms with Gasteiger partial charge in [0.2, 0.25) is 0 Å². The van der Waals surface area contributed by atoms with Gasteiger partial charge in [-0.3, -0.25) is 0 Å². The van der Waals surface area contributed by atoms with Crippen molar-refractivity contribution in [3.8, 4) is 5.75 Å². The molecule has 1 heterocycles. The molecule has 2 unspecified atom stereocenters. The Kier molecular flexibility index (Phi) is 4.66. The quantitative estimate of drug-likeness (QED) is 0.845. The standard InChI is InChI=1S/C13H18ClNO2/c14-12-2-1-3-13(6-12)17-9-11(8-16)10-4-5-15-7-10/h1-3,6,10-11,15-16H,4-5,7-9H2. The number of aliphatic hydroxyl groups is 1. The lowest BCUT2D eigenvalue weighted by Gasteiger charge is -2.20. The van der Waals surface area contributed by atoms with Crippen LogP contribution in [0.5, 0.6) is 5.75 Å². The predicted molar refractivity (Wildman–Crippen MR) is 68.5 cm³/mol. The summed E-state index contributed by atoms with van der Waals surface area (Å²) in [5.74, 6) is 1.48. The molecule has 0 amide bonds. The monoisotopic (exact) mass is 255 g/mol. The molecule has 0 aliphatic carbocycles.